The molecule has 30 heavy (non-hydrogen) atoms. The molecule has 1 atom stereocenters. The van der Waals surface area contributed by atoms with Crippen molar-refractivity contribution in [3.8, 4) is 0 Å². The van der Waals surface area contributed by atoms with E-state index in [1.807, 2.05) is 24.9 Å². The van der Waals surface area contributed by atoms with Gasteiger partial charge in [-0.1, -0.05) is 31.2 Å². The number of hydrogen-bond donors (Lipinski definition) is 0. The summed E-state index contributed by atoms with van der Waals surface area (Å²) in [4.78, 5) is 22.0. The highest BCUT2D eigenvalue weighted by atomic mass is 19.1. The van der Waals surface area contributed by atoms with Crippen molar-refractivity contribution in [2.45, 2.75) is 44.9 Å². The first kappa shape index (κ1) is 20.6. The van der Waals surface area contributed by atoms with Crippen molar-refractivity contribution in [1.82, 2.24) is 4.90 Å². The molecule has 0 radical (unpaired) electrons. The molecule has 0 saturated heterocycles. The number of carbonyl (C=O) groups is 1. The molecule has 1 aliphatic carbocycles. The molecule has 2 aliphatic rings. The number of halogens is 1. The Labute approximate surface area is 178 Å². The summed E-state index contributed by atoms with van der Waals surface area (Å²) in [5.74, 6) is 0.490. The molecule has 158 valence electrons. The van der Waals surface area contributed by atoms with Gasteiger partial charge in [-0.3, -0.25) is 9.79 Å². The summed E-state index contributed by atoms with van der Waals surface area (Å²) in [5.41, 5.74) is 4.25. The van der Waals surface area contributed by atoms with E-state index >= 15 is 0 Å². The van der Waals surface area contributed by atoms with Crippen LogP contribution in [0.4, 0.5) is 10.1 Å². The van der Waals surface area contributed by atoms with Crippen LogP contribution in [-0.4, -0.2) is 43.3 Å². The van der Waals surface area contributed by atoms with E-state index in [9.17, 15) is 9.18 Å². The fourth-order valence-corrected chi connectivity index (χ4v) is 4.46. The number of carbonyl (C=O) groups excluding carboxylic acids is 1. The number of anilines is 1. The molecule has 4 rings (SSSR count). The predicted molar refractivity (Wildman–Crippen MR) is 120 cm³/mol. The standard InChI is InChI=1S/C25H30FN3O/c1-18(22-9-5-6-10-23(22)26)15-25(30)29(17-24-27-13-14-28(24)2)21-12-11-19-7-3-4-8-20(19)16-21/h5-6,9-12,16,18H,3-4,7-8,13-15,17H2,1-2H3/t18-/m0/s1. The zero-order valence-electron chi connectivity index (χ0n) is 17.9. The summed E-state index contributed by atoms with van der Waals surface area (Å²) < 4.78 is 14.2. The van der Waals surface area contributed by atoms with Crippen molar-refractivity contribution < 1.29 is 9.18 Å². The van der Waals surface area contributed by atoms with Gasteiger partial charge >= 0.3 is 0 Å². The second-order valence-electron chi connectivity index (χ2n) is 8.49. The quantitative estimate of drug-likeness (QED) is 0.703. The molecule has 1 amide bonds. The Morgan fingerprint density at radius 1 is 1.17 bits per heavy atom. The average molecular weight is 408 g/mol. The molecule has 0 saturated carbocycles. The van der Waals surface area contributed by atoms with Gasteiger partial charge in [0, 0.05) is 25.7 Å². The van der Waals surface area contributed by atoms with Gasteiger partial charge in [0.15, 0.2) is 0 Å². The van der Waals surface area contributed by atoms with Crippen LogP contribution in [0.1, 0.15) is 48.8 Å². The van der Waals surface area contributed by atoms with Crippen LogP contribution in [0.5, 0.6) is 0 Å². The molecule has 1 heterocycles. The number of benzene rings is 2. The van der Waals surface area contributed by atoms with E-state index in [1.165, 1.54) is 30.0 Å². The smallest absolute Gasteiger partial charge is 0.228 e. The average Bonchev–Trinajstić information content (AvgIpc) is 3.16. The summed E-state index contributed by atoms with van der Waals surface area (Å²) in [6.45, 7) is 4.02. The number of aliphatic imine (C=N–C) groups is 1. The lowest BCUT2D eigenvalue weighted by Crippen LogP contribution is -2.40. The Morgan fingerprint density at radius 2 is 1.93 bits per heavy atom. The Morgan fingerprint density at radius 3 is 2.67 bits per heavy atom. The van der Waals surface area contributed by atoms with Crippen molar-refractivity contribution in [3.63, 3.8) is 0 Å². The van der Waals surface area contributed by atoms with Crippen LogP contribution in [0, 0.1) is 5.82 Å². The molecular weight excluding hydrogens is 377 g/mol. The van der Waals surface area contributed by atoms with Crippen molar-refractivity contribution in [1.29, 1.82) is 0 Å². The summed E-state index contributed by atoms with van der Waals surface area (Å²) in [6, 6.07) is 13.1. The Bertz CT molecular complexity index is 955. The molecule has 0 aromatic heterocycles. The highest BCUT2D eigenvalue weighted by molar-refractivity contribution is 6.00. The molecular formula is C25H30FN3O. The van der Waals surface area contributed by atoms with Gasteiger partial charge in [0.05, 0.1) is 13.1 Å². The summed E-state index contributed by atoms with van der Waals surface area (Å²) in [5, 5.41) is 0. The van der Waals surface area contributed by atoms with E-state index in [4.69, 9.17) is 0 Å². The Balaban J connectivity index is 1.60. The maximum absolute atomic E-state index is 14.2. The monoisotopic (exact) mass is 407 g/mol. The second-order valence-corrected chi connectivity index (χ2v) is 8.49. The van der Waals surface area contributed by atoms with Crippen LogP contribution in [-0.2, 0) is 17.6 Å². The normalized spacial score (nSPS) is 16.8. The summed E-state index contributed by atoms with van der Waals surface area (Å²) in [6.07, 6.45) is 4.87. The fourth-order valence-electron chi connectivity index (χ4n) is 4.46. The molecule has 0 unspecified atom stereocenters. The topological polar surface area (TPSA) is 35.9 Å². The first-order valence-corrected chi connectivity index (χ1v) is 10.9. The van der Waals surface area contributed by atoms with Gasteiger partial charge in [0.2, 0.25) is 5.91 Å². The maximum Gasteiger partial charge on any atom is 0.228 e. The summed E-state index contributed by atoms with van der Waals surface area (Å²) >= 11 is 0. The number of hydrogen-bond acceptors (Lipinski definition) is 3. The molecule has 4 nitrogen and oxygen atoms in total. The highest BCUT2D eigenvalue weighted by Gasteiger charge is 2.25. The highest BCUT2D eigenvalue weighted by Crippen LogP contribution is 2.29. The molecule has 2 aromatic carbocycles. The number of nitrogens with zero attached hydrogens (tertiary/aromatic N) is 3. The fraction of sp³-hybridized carbons (Fsp3) is 0.440. The molecule has 0 N–H and O–H groups in total. The lowest BCUT2D eigenvalue weighted by molar-refractivity contribution is -0.118. The van der Waals surface area contributed by atoms with Crippen molar-refractivity contribution in [2.24, 2.45) is 4.99 Å². The second kappa shape index (κ2) is 8.99. The van der Waals surface area contributed by atoms with Crippen LogP contribution in [0.2, 0.25) is 0 Å². The van der Waals surface area contributed by atoms with Gasteiger partial charge in [-0.15, -0.1) is 0 Å². The van der Waals surface area contributed by atoms with Gasteiger partial charge in [-0.25, -0.2) is 4.39 Å². The lowest BCUT2D eigenvalue weighted by Gasteiger charge is -2.28. The first-order valence-electron chi connectivity index (χ1n) is 10.9. The van der Waals surface area contributed by atoms with Crippen molar-refractivity contribution in [2.75, 3.05) is 31.6 Å². The van der Waals surface area contributed by atoms with Crippen LogP contribution in [0.3, 0.4) is 0 Å². The summed E-state index contributed by atoms with van der Waals surface area (Å²) in [7, 11) is 2.02. The Hall–Kier alpha value is -2.69. The number of fused-ring (bicyclic) bond motifs is 1. The van der Waals surface area contributed by atoms with E-state index in [2.05, 4.69) is 28.1 Å². The molecule has 0 spiro atoms. The number of amides is 1. The molecule has 2 aromatic rings. The zero-order valence-corrected chi connectivity index (χ0v) is 17.9. The van der Waals surface area contributed by atoms with Gasteiger partial charge in [-0.05, 0) is 66.5 Å². The third-order valence-electron chi connectivity index (χ3n) is 6.33. The van der Waals surface area contributed by atoms with Gasteiger partial charge < -0.3 is 9.80 Å². The van der Waals surface area contributed by atoms with Crippen LogP contribution in [0.15, 0.2) is 47.5 Å². The predicted octanol–water partition coefficient (Wildman–Crippen LogP) is 4.58. The third kappa shape index (κ3) is 4.40. The van der Waals surface area contributed by atoms with Crippen LogP contribution >= 0.6 is 0 Å². The molecule has 0 fully saturated rings. The minimum Gasteiger partial charge on any atom is -0.360 e. The largest absolute Gasteiger partial charge is 0.360 e. The van der Waals surface area contributed by atoms with Crippen LogP contribution in [0.25, 0.3) is 0 Å². The molecule has 0 bridgehead atoms. The van der Waals surface area contributed by atoms with Crippen molar-refractivity contribution >= 4 is 17.4 Å². The van der Waals surface area contributed by atoms with Gasteiger partial charge in [0.25, 0.3) is 0 Å². The van der Waals surface area contributed by atoms with Gasteiger partial charge in [0.1, 0.15) is 11.7 Å². The zero-order chi connectivity index (χ0) is 21.1. The van der Waals surface area contributed by atoms with Crippen LogP contribution < -0.4 is 4.90 Å². The number of aryl methyl sites for hydroxylation is 2. The van der Waals surface area contributed by atoms with Crippen molar-refractivity contribution in [3.05, 3.63) is 65.0 Å². The minimum absolute atomic E-state index is 0.00418. The van der Waals surface area contributed by atoms with E-state index in [0.717, 1.165) is 37.5 Å². The maximum atomic E-state index is 14.2. The van der Waals surface area contributed by atoms with E-state index < -0.39 is 0 Å². The minimum atomic E-state index is -0.252. The number of rotatable bonds is 6. The number of likely N-dealkylation sites (N-methyl/N-ethyl adjacent to an activating group) is 1. The molecule has 1 aliphatic heterocycles. The Kier molecular flexibility index (Phi) is 6.16. The van der Waals surface area contributed by atoms with E-state index in [0.29, 0.717) is 12.1 Å². The lowest BCUT2D eigenvalue weighted by atomic mass is 9.91. The SMILES string of the molecule is C[C@@H](CC(=O)N(CC1=NCCN1C)c1ccc2c(c1)CCCC2)c1ccccc1F. The van der Waals surface area contributed by atoms with E-state index in [-0.39, 0.29) is 24.1 Å². The number of amidine groups is 1. The van der Waals surface area contributed by atoms with E-state index in [1.54, 1.807) is 12.1 Å². The third-order valence-corrected chi connectivity index (χ3v) is 6.33. The first-order chi connectivity index (χ1) is 14.5. The van der Waals surface area contributed by atoms with Gasteiger partial charge in [-0.2, -0.15) is 0 Å². The molecule has 5 heteroatoms.